The van der Waals surface area contributed by atoms with E-state index in [1.165, 1.54) is 0 Å². The molecular formula is C22H22N2O4. The van der Waals surface area contributed by atoms with Gasteiger partial charge in [0.15, 0.2) is 0 Å². The van der Waals surface area contributed by atoms with Gasteiger partial charge in [-0.1, -0.05) is 24.3 Å². The molecule has 144 valence electrons. The molecule has 1 aromatic heterocycles. The first-order chi connectivity index (χ1) is 13.6. The van der Waals surface area contributed by atoms with Crippen LogP contribution in [0.4, 0.5) is 0 Å². The zero-order valence-corrected chi connectivity index (χ0v) is 15.7. The molecule has 0 atom stereocenters. The zero-order chi connectivity index (χ0) is 19.7. The molecule has 2 heterocycles. The fourth-order valence-corrected chi connectivity index (χ4v) is 3.83. The predicted octanol–water partition coefficient (Wildman–Crippen LogP) is 3.18. The van der Waals surface area contributed by atoms with Crippen LogP contribution >= 0.6 is 0 Å². The van der Waals surface area contributed by atoms with Crippen molar-refractivity contribution in [3.63, 3.8) is 0 Å². The molecule has 0 aliphatic carbocycles. The van der Waals surface area contributed by atoms with Crippen LogP contribution in [0.1, 0.15) is 31.8 Å². The van der Waals surface area contributed by atoms with Crippen molar-refractivity contribution < 1.29 is 19.4 Å². The molecule has 0 bridgehead atoms. The lowest BCUT2D eigenvalue weighted by atomic mass is 9.97. The second-order valence-corrected chi connectivity index (χ2v) is 7.01. The van der Waals surface area contributed by atoms with E-state index >= 15 is 0 Å². The van der Waals surface area contributed by atoms with Crippen LogP contribution in [0.3, 0.4) is 0 Å². The molecule has 1 N–H and O–H groups in total. The van der Waals surface area contributed by atoms with Crippen molar-refractivity contribution in [2.45, 2.75) is 19.5 Å². The van der Waals surface area contributed by atoms with E-state index in [1.807, 2.05) is 41.1 Å². The molecular weight excluding hydrogens is 356 g/mol. The van der Waals surface area contributed by atoms with Gasteiger partial charge in [-0.15, -0.1) is 0 Å². The van der Waals surface area contributed by atoms with E-state index in [1.54, 1.807) is 24.1 Å². The lowest BCUT2D eigenvalue weighted by molar-refractivity contribution is 0.0696. The molecule has 28 heavy (non-hydrogen) atoms. The van der Waals surface area contributed by atoms with Crippen molar-refractivity contribution in [3.8, 4) is 0 Å². The first-order valence-corrected chi connectivity index (χ1v) is 9.29. The van der Waals surface area contributed by atoms with Crippen LogP contribution in [-0.2, 0) is 24.2 Å². The molecule has 3 aromatic rings. The van der Waals surface area contributed by atoms with Crippen molar-refractivity contribution in [1.82, 2.24) is 9.47 Å². The molecule has 0 spiro atoms. The summed E-state index contributed by atoms with van der Waals surface area (Å²) in [5.74, 6) is -0.980. The summed E-state index contributed by atoms with van der Waals surface area (Å²) in [6, 6.07) is 13.0. The number of methoxy groups -OCH3 is 1. The Morgan fingerprint density at radius 3 is 2.75 bits per heavy atom. The van der Waals surface area contributed by atoms with E-state index < -0.39 is 5.97 Å². The number of benzene rings is 2. The van der Waals surface area contributed by atoms with E-state index in [9.17, 15) is 14.7 Å². The van der Waals surface area contributed by atoms with Gasteiger partial charge in [-0.3, -0.25) is 4.79 Å². The summed E-state index contributed by atoms with van der Waals surface area (Å²) >= 11 is 0. The number of aromatic carboxylic acids is 1. The largest absolute Gasteiger partial charge is 0.478 e. The van der Waals surface area contributed by atoms with Gasteiger partial charge in [-0.05, 0) is 35.7 Å². The first kappa shape index (κ1) is 18.3. The first-order valence-electron chi connectivity index (χ1n) is 9.29. The van der Waals surface area contributed by atoms with Crippen molar-refractivity contribution in [1.29, 1.82) is 0 Å². The van der Waals surface area contributed by atoms with E-state index in [4.69, 9.17) is 4.74 Å². The van der Waals surface area contributed by atoms with E-state index in [0.717, 1.165) is 28.5 Å². The normalized spacial score (nSPS) is 13.5. The van der Waals surface area contributed by atoms with Gasteiger partial charge in [0, 0.05) is 43.8 Å². The van der Waals surface area contributed by atoms with E-state index in [2.05, 4.69) is 0 Å². The number of carboxylic acids is 1. The van der Waals surface area contributed by atoms with Gasteiger partial charge in [0.05, 0.1) is 17.7 Å². The molecule has 6 nitrogen and oxygen atoms in total. The molecule has 2 aromatic carbocycles. The summed E-state index contributed by atoms with van der Waals surface area (Å²) in [7, 11) is 1.66. The van der Waals surface area contributed by atoms with Crippen LogP contribution in [-0.4, -0.2) is 46.7 Å². The van der Waals surface area contributed by atoms with Crippen molar-refractivity contribution in [3.05, 3.63) is 70.9 Å². The Labute approximate surface area is 162 Å². The highest BCUT2D eigenvalue weighted by molar-refractivity contribution is 6.07. The third-order valence-corrected chi connectivity index (χ3v) is 5.31. The minimum atomic E-state index is -0.951. The third kappa shape index (κ3) is 3.27. The number of para-hydroxylation sites is 1. The summed E-state index contributed by atoms with van der Waals surface area (Å²) in [4.78, 5) is 26.4. The SMILES string of the molecule is COCCn1cc(C(=O)N2CCc3ccc(C(=O)O)cc3C2)c2ccccc21. The number of carboxylic acid groups (broad SMARTS) is 1. The van der Waals surface area contributed by atoms with Crippen molar-refractivity contribution in [2.24, 2.45) is 0 Å². The number of amides is 1. The molecule has 0 fully saturated rings. The van der Waals surface area contributed by atoms with Gasteiger partial charge < -0.3 is 19.3 Å². The Bertz CT molecular complexity index is 1050. The van der Waals surface area contributed by atoms with Crippen LogP contribution in [0.5, 0.6) is 0 Å². The van der Waals surface area contributed by atoms with Gasteiger partial charge in [0.1, 0.15) is 0 Å². The quantitative estimate of drug-likeness (QED) is 0.740. The summed E-state index contributed by atoms with van der Waals surface area (Å²) in [6.45, 7) is 2.29. The van der Waals surface area contributed by atoms with Gasteiger partial charge in [-0.2, -0.15) is 0 Å². The van der Waals surface area contributed by atoms with E-state index in [0.29, 0.717) is 31.8 Å². The molecule has 1 aliphatic rings. The van der Waals surface area contributed by atoms with Crippen molar-refractivity contribution in [2.75, 3.05) is 20.3 Å². The summed E-state index contributed by atoms with van der Waals surface area (Å²) in [5, 5.41) is 10.2. The summed E-state index contributed by atoms with van der Waals surface area (Å²) in [6.07, 6.45) is 2.62. The molecule has 6 heteroatoms. The summed E-state index contributed by atoms with van der Waals surface area (Å²) < 4.78 is 7.23. The molecule has 4 rings (SSSR count). The number of aromatic nitrogens is 1. The Kier molecular flexibility index (Phi) is 4.88. The molecule has 1 aliphatic heterocycles. The highest BCUT2D eigenvalue weighted by atomic mass is 16.5. The Morgan fingerprint density at radius 2 is 1.96 bits per heavy atom. The van der Waals surface area contributed by atoms with Crippen LogP contribution in [0.2, 0.25) is 0 Å². The number of hydrogen-bond acceptors (Lipinski definition) is 3. The highest BCUT2D eigenvalue weighted by Crippen LogP contribution is 2.26. The van der Waals surface area contributed by atoms with Gasteiger partial charge in [0.2, 0.25) is 0 Å². The number of fused-ring (bicyclic) bond motifs is 2. The molecule has 1 amide bonds. The zero-order valence-electron chi connectivity index (χ0n) is 15.7. The fourth-order valence-electron chi connectivity index (χ4n) is 3.83. The average molecular weight is 378 g/mol. The van der Waals surface area contributed by atoms with Gasteiger partial charge in [0.25, 0.3) is 5.91 Å². The maximum absolute atomic E-state index is 13.3. The Balaban J connectivity index is 1.65. The smallest absolute Gasteiger partial charge is 0.335 e. The topological polar surface area (TPSA) is 71.8 Å². The number of carbonyl (C=O) groups is 2. The molecule has 0 unspecified atom stereocenters. The number of rotatable bonds is 5. The maximum atomic E-state index is 13.3. The molecule has 0 saturated heterocycles. The van der Waals surface area contributed by atoms with Gasteiger partial charge >= 0.3 is 5.97 Å². The standard InChI is InChI=1S/C22H22N2O4/c1-28-11-10-23-14-19(18-4-2-3-5-20(18)23)21(25)24-9-8-15-6-7-16(22(26)27)12-17(15)13-24/h2-7,12,14H,8-11,13H2,1H3,(H,26,27). The molecule has 0 radical (unpaired) electrons. The van der Waals surface area contributed by atoms with Crippen molar-refractivity contribution >= 4 is 22.8 Å². The van der Waals surface area contributed by atoms with Gasteiger partial charge in [-0.25, -0.2) is 4.79 Å². The van der Waals surface area contributed by atoms with Crippen LogP contribution < -0.4 is 0 Å². The van der Waals surface area contributed by atoms with Crippen LogP contribution in [0, 0.1) is 0 Å². The number of carbonyl (C=O) groups excluding carboxylic acids is 1. The lowest BCUT2D eigenvalue weighted by Crippen LogP contribution is -2.36. The maximum Gasteiger partial charge on any atom is 0.335 e. The lowest BCUT2D eigenvalue weighted by Gasteiger charge is -2.29. The van der Waals surface area contributed by atoms with Crippen LogP contribution in [0.15, 0.2) is 48.7 Å². The van der Waals surface area contributed by atoms with Crippen LogP contribution in [0.25, 0.3) is 10.9 Å². The predicted molar refractivity (Wildman–Crippen MR) is 106 cm³/mol. The minimum Gasteiger partial charge on any atom is -0.478 e. The Morgan fingerprint density at radius 1 is 1.14 bits per heavy atom. The number of ether oxygens (including phenoxy) is 1. The number of hydrogen-bond donors (Lipinski definition) is 1. The number of nitrogens with zero attached hydrogens (tertiary/aromatic N) is 2. The second-order valence-electron chi connectivity index (χ2n) is 7.01. The summed E-state index contributed by atoms with van der Waals surface area (Å²) in [5.41, 5.74) is 3.95. The fraction of sp³-hybridized carbons (Fsp3) is 0.273. The highest BCUT2D eigenvalue weighted by Gasteiger charge is 2.25. The monoisotopic (exact) mass is 378 g/mol. The second kappa shape index (κ2) is 7.48. The Hall–Kier alpha value is -3.12. The molecule has 0 saturated carbocycles. The van der Waals surface area contributed by atoms with E-state index in [-0.39, 0.29) is 11.5 Å². The average Bonchev–Trinajstić information content (AvgIpc) is 3.09. The minimum absolute atomic E-state index is 0.0289. The third-order valence-electron chi connectivity index (χ3n) is 5.31.